The molecule has 0 fully saturated rings. The third-order valence-corrected chi connectivity index (χ3v) is 3.67. The van der Waals surface area contributed by atoms with Crippen LogP contribution in [0.1, 0.15) is 54.4 Å². The highest BCUT2D eigenvalue weighted by Gasteiger charge is 2.27. The Morgan fingerprint density at radius 2 is 1.59 bits per heavy atom. The summed E-state index contributed by atoms with van der Waals surface area (Å²) in [6, 6.07) is 0.586. The van der Waals surface area contributed by atoms with Crippen molar-refractivity contribution < 1.29 is 0 Å². The zero-order valence-electron chi connectivity index (χ0n) is 13.1. The van der Waals surface area contributed by atoms with Gasteiger partial charge in [-0.1, -0.05) is 41.5 Å². The van der Waals surface area contributed by atoms with Crippen molar-refractivity contribution in [1.29, 1.82) is 0 Å². The van der Waals surface area contributed by atoms with Crippen LogP contribution in [0.2, 0.25) is 0 Å². The Morgan fingerprint density at radius 3 is 1.94 bits per heavy atom. The quantitative estimate of drug-likeness (QED) is 0.667. The van der Waals surface area contributed by atoms with Crippen LogP contribution in [0.15, 0.2) is 0 Å². The van der Waals surface area contributed by atoms with Gasteiger partial charge in [0.15, 0.2) is 0 Å². The molecule has 0 aliphatic rings. The van der Waals surface area contributed by atoms with Crippen LogP contribution in [0.4, 0.5) is 0 Å². The molecule has 0 aromatic heterocycles. The molecular weight excluding hydrogens is 208 g/mol. The Hall–Kier alpha value is -0.0800. The topological polar surface area (TPSA) is 15.3 Å². The second-order valence-corrected chi connectivity index (χ2v) is 6.33. The van der Waals surface area contributed by atoms with Gasteiger partial charge in [-0.05, 0) is 31.2 Å². The van der Waals surface area contributed by atoms with Crippen LogP contribution >= 0.6 is 0 Å². The fourth-order valence-corrected chi connectivity index (χ4v) is 2.46. The minimum Gasteiger partial charge on any atom is -0.314 e. The van der Waals surface area contributed by atoms with Gasteiger partial charge in [-0.15, -0.1) is 0 Å². The smallest absolute Gasteiger partial charge is 0.00470 e. The maximum Gasteiger partial charge on any atom is 0.00470 e. The number of nitrogens with zero attached hydrogens (tertiary/aromatic N) is 1. The maximum atomic E-state index is 3.62. The van der Waals surface area contributed by atoms with Crippen molar-refractivity contribution in [2.75, 3.05) is 26.7 Å². The van der Waals surface area contributed by atoms with Gasteiger partial charge < -0.3 is 10.2 Å². The third-order valence-electron chi connectivity index (χ3n) is 3.67. The SMILES string of the molecule is CCC(CC)(CNC(C)C)CN(C)CC(C)C. The lowest BCUT2D eigenvalue weighted by Crippen LogP contribution is -2.44. The van der Waals surface area contributed by atoms with Crippen molar-refractivity contribution in [2.24, 2.45) is 11.3 Å². The van der Waals surface area contributed by atoms with Crippen molar-refractivity contribution in [3.8, 4) is 0 Å². The van der Waals surface area contributed by atoms with Crippen LogP contribution in [0.25, 0.3) is 0 Å². The van der Waals surface area contributed by atoms with E-state index in [0.717, 1.165) is 12.5 Å². The summed E-state index contributed by atoms with van der Waals surface area (Å²) in [6.45, 7) is 17.2. The Bertz CT molecular complexity index is 183. The highest BCUT2D eigenvalue weighted by molar-refractivity contribution is 4.83. The van der Waals surface area contributed by atoms with E-state index in [0.29, 0.717) is 11.5 Å². The second kappa shape index (κ2) is 8.10. The number of nitrogens with one attached hydrogen (secondary N) is 1. The van der Waals surface area contributed by atoms with Crippen LogP contribution < -0.4 is 5.32 Å². The van der Waals surface area contributed by atoms with Crippen LogP contribution in [0.3, 0.4) is 0 Å². The zero-order valence-corrected chi connectivity index (χ0v) is 13.1. The summed E-state index contributed by atoms with van der Waals surface area (Å²) in [6.07, 6.45) is 2.51. The minimum absolute atomic E-state index is 0.438. The molecule has 0 radical (unpaired) electrons. The third kappa shape index (κ3) is 7.05. The van der Waals surface area contributed by atoms with E-state index >= 15 is 0 Å². The molecule has 0 amide bonds. The van der Waals surface area contributed by atoms with E-state index in [1.165, 1.54) is 25.9 Å². The van der Waals surface area contributed by atoms with Gasteiger partial charge in [0.2, 0.25) is 0 Å². The summed E-state index contributed by atoms with van der Waals surface area (Å²) in [4.78, 5) is 2.50. The fourth-order valence-electron chi connectivity index (χ4n) is 2.46. The first-order valence-corrected chi connectivity index (χ1v) is 7.27. The molecule has 2 heteroatoms. The number of hydrogen-bond donors (Lipinski definition) is 1. The van der Waals surface area contributed by atoms with Gasteiger partial charge in [0.25, 0.3) is 0 Å². The summed E-state index contributed by atoms with van der Waals surface area (Å²) in [5, 5.41) is 3.62. The summed E-state index contributed by atoms with van der Waals surface area (Å²) in [7, 11) is 2.26. The summed E-state index contributed by atoms with van der Waals surface area (Å²) >= 11 is 0. The number of hydrogen-bond acceptors (Lipinski definition) is 2. The van der Waals surface area contributed by atoms with Crippen molar-refractivity contribution in [3.05, 3.63) is 0 Å². The molecule has 2 nitrogen and oxygen atoms in total. The van der Waals surface area contributed by atoms with Gasteiger partial charge in [0, 0.05) is 25.7 Å². The number of rotatable bonds is 9. The van der Waals surface area contributed by atoms with E-state index in [1.54, 1.807) is 0 Å². The van der Waals surface area contributed by atoms with Gasteiger partial charge in [0.05, 0.1) is 0 Å². The first-order valence-electron chi connectivity index (χ1n) is 7.27. The lowest BCUT2D eigenvalue weighted by atomic mass is 9.81. The maximum absolute atomic E-state index is 3.62. The standard InChI is InChI=1S/C15H34N2/c1-8-15(9-2,11-16-14(5)6)12-17(7)10-13(3)4/h13-14,16H,8-12H2,1-7H3. The highest BCUT2D eigenvalue weighted by atomic mass is 15.1. The largest absolute Gasteiger partial charge is 0.314 e. The zero-order chi connectivity index (χ0) is 13.5. The van der Waals surface area contributed by atoms with E-state index in [-0.39, 0.29) is 0 Å². The van der Waals surface area contributed by atoms with Gasteiger partial charge in [-0.25, -0.2) is 0 Å². The van der Waals surface area contributed by atoms with Crippen molar-refractivity contribution >= 4 is 0 Å². The molecule has 0 rings (SSSR count). The van der Waals surface area contributed by atoms with Crippen LogP contribution in [-0.4, -0.2) is 37.6 Å². The molecule has 0 aliphatic carbocycles. The monoisotopic (exact) mass is 242 g/mol. The molecule has 0 heterocycles. The second-order valence-electron chi connectivity index (χ2n) is 6.33. The molecule has 0 spiro atoms. The van der Waals surface area contributed by atoms with E-state index in [2.05, 4.69) is 58.8 Å². The molecule has 0 bridgehead atoms. The van der Waals surface area contributed by atoms with Crippen molar-refractivity contribution in [3.63, 3.8) is 0 Å². The molecule has 0 saturated carbocycles. The minimum atomic E-state index is 0.438. The van der Waals surface area contributed by atoms with E-state index in [9.17, 15) is 0 Å². The molecule has 17 heavy (non-hydrogen) atoms. The van der Waals surface area contributed by atoms with Crippen molar-refractivity contribution in [1.82, 2.24) is 10.2 Å². The van der Waals surface area contributed by atoms with Crippen LogP contribution in [0, 0.1) is 11.3 Å². The van der Waals surface area contributed by atoms with Gasteiger partial charge in [-0.3, -0.25) is 0 Å². The Balaban J connectivity index is 4.37. The lowest BCUT2D eigenvalue weighted by Gasteiger charge is -2.37. The van der Waals surface area contributed by atoms with Crippen LogP contribution in [0.5, 0.6) is 0 Å². The molecule has 0 aliphatic heterocycles. The van der Waals surface area contributed by atoms with Crippen molar-refractivity contribution in [2.45, 2.75) is 60.4 Å². The molecular formula is C15H34N2. The summed E-state index contributed by atoms with van der Waals surface area (Å²) in [5.74, 6) is 0.754. The molecule has 104 valence electrons. The molecule has 0 atom stereocenters. The predicted octanol–water partition coefficient (Wildman–Crippen LogP) is 3.38. The highest BCUT2D eigenvalue weighted by Crippen LogP contribution is 2.27. The van der Waals surface area contributed by atoms with E-state index in [1.807, 2.05) is 0 Å². The Labute approximate surface area is 109 Å². The molecule has 0 aromatic carbocycles. The summed E-state index contributed by atoms with van der Waals surface area (Å²) < 4.78 is 0. The first-order chi connectivity index (χ1) is 7.85. The average molecular weight is 242 g/mol. The Morgan fingerprint density at radius 1 is 1.06 bits per heavy atom. The normalized spacial score (nSPS) is 13.1. The molecule has 0 aromatic rings. The van der Waals surface area contributed by atoms with Crippen LogP contribution in [-0.2, 0) is 0 Å². The first kappa shape index (κ1) is 16.9. The van der Waals surface area contributed by atoms with Gasteiger partial charge in [0.1, 0.15) is 0 Å². The van der Waals surface area contributed by atoms with Gasteiger partial charge >= 0.3 is 0 Å². The van der Waals surface area contributed by atoms with Gasteiger partial charge in [-0.2, -0.15) is 0 Å². The predicted molar refractivity (Wildman–Crippen MR) is 78.5 cm³/mol. The fraction of sp³-hybridized carbons (Fsp3) is 1.00. The molecule has 0 saturated heterocycles. The van der Waals surface area contributed by atoms with E-state index < -0.39 is 0 Å². The molecule has 0 unspecified atom stereocenters. The van der Waals surface area contributed by atoms with E-state index in [4.69, 9.17) is 0 Å². The summed E-state index contributed by atoms with van der Waals surface area (Å²) in [5.41, 5.74) is 0.438. The average Bonchev–Trinajstić information content (AvgIpc) is 2.23. The Kier molecular flexibility index (Phi) is 8.06. The lowest BCUT2D eigenvalue weighted by molar-refractivity contribution is 0.143. The molecule has 1 N–H and O–H groups in total.